The van der Waals surface area contributed by atoms with Crippen LogP contribution in [0.1, 0.15) is 43.6 Å². The molecule has 21 heavy (non-hydrogen) atoms. The molecule has 3 nitrogen and oxygen atoms in total. The molecule has 3 heteroatoms. The molecule has 1 saturated carbocycles. The number of rotatable bonds is 3. The maximum Gasteiger partial charge on any atom is 0.226 e. The molecule has 2 aliphatic heterocycles. The van der Waals surface area contributed by atoms with Crippen LogP contribution in [0.25, 0.3) is 0 Å². The van der Waals surface area contributed by atoms with Crippen molar-refractivity contribution in [1.82, 2.24) is 10.2 Å². The highest BCUT2D eigenvalue weighted by molar-refractivity contribution is 5.83. The van der Waals surface area contributed by atoms with Gasteiger partial charge < -0.3 is 10.2 Å². The van der Waals surface area contributed by atoms with Crippen LogP contribution in [0, 0.1) is 5.92 Å². The first-order valence-corrected chi connectivity index (χ1v) is 8.30. The molecule has 4 atom stereocenters. The molecule has 4 unspecified atom stereocenters. The van der Waals surface area contributed by atoms with Crippen LogP contribution in [-0.4, -0.2) is 36.0 Å². The molecule has 3 fully saturated rings. The topological polar surface area (TPSA) is 32.3 Å². The summed E-state index contributed by atoms with van der Waals surface area (Å²) in [5.41, 5.74) is 1.33. The second-order valence-electron chi connectivity index (χ2n) is 7.07. The zero-order valence-corrected chi connectivity index (χ0v) is 12.7. The molecule has 0 aromatic heterocycles. The number of amides is 1. The fraction of sp³-hybridized carbons (Fsp3) is 0.611. The summed E-state index contributed by atoms with van der Waals surface area (Å²) >= 11 is 0. The van der Waals surface area contributed by atoms with E-state index in [-0.39, 0.29) is 5.92 Å². The lowest BCUT2D eigenvalue weighted by molar-refractivity contribution is -0.134. The molecular formula is C18H24N2O. The largest absolute Gasteiger partial charge is 0.342 e. The second-order valence-corrected chi connectivity index (χ2v) is 7.07. The highest BCUT2D eigenvalue weighted by atomic mass is 16.2. The Morgan fingerprint density at radius 3 is 2.43 bits per heavy atom. The minimum Gasteiger partial charge on any atom is -0.342 e. The quantitative estimate of drug-likeness (QED) is 0.925. The number of hydrogen-bond donors (Lipinski definition) is 1. The summed E-state index contributed by atoms with van der Waals surface area (Å²) in [6, 6.07) is 12.2. The second kappa shape index (κ2) is 5.13. The van der Waals surface area contributed by atoms with Gasteiger partial charge in [0, 0.05) is 31.1 Å². The first-order chi connectivity index (χ1) is 10.2. The molecule has 1 amide bonds. The average molecular weight is 284 g/mol. The summed E-state index contributed by atoms with van der Waals surface area (Å²) in [7, 11) is 2.03. The third-order valence-corrected chi connectivity index (χ3v) is 5.68. The monoisotopic (exact) mass is 284 g/mol. The van der Waals surface area contributed by atoms with Gasteiger partial charge in [-0.15, -0.1) is 0 Å². The van der Waals surface area contributed by atoms with Gasteiger partial charge in [-0.25, -0.2) is 0 Å². The molecule has 2 bridgehead atoms. The van der Waals surface area contributed by atoms with Crippen molar-refractivity contribution in [3.63, 3.8) is 0 Å². The Hall–Kier alpha value is -1.35. The van der Waals surface area contributed by atoms with Crippen LogP contribution in [0.2, 0.25) is 0 Å². The van der Waals surface area contributed by atoms with Crippen LogP contribution in [0.5, 0.6) is 0 Å². The third-order valence-electron chi connectivity index (χ3n) is 5.68. The van der Waals surface area contributed by atoms with Gasteiger partial charge in [-0.2, -0.15) is 0 Å². The Morgan fingerprint density at radius 1 is 1.10 bits per heavy atom. The SMILES string of the molecule is CN(C(=O)C1CC1c1ccccc1)C1CC2CCC(C1)N2. The molecule has 3 aliphatic rings. The molecule has 0 radical (unpaired) electrons. The smallest absolute Gasteiger partial charge is 0.226 e. The maximum atomic E-state index is 12.7. The molecule has 1 aromatic rings. The van der Waals surface area contributed by atoms with Gasteiger partial charge in [0.25, 0.3) is 0 Å². The fourth-order valence-corrected chi connectivity index (χ4v) is 4.32. The van der Waals surface area contributed by atoms with Gasteiger partial charge >= 0.3 is 0 Å². The van der Waals surface area contributed by atoms with Gasteiger partial charge in [-0.1, -0.05) is 30.3 Å². The van der Waals surface area contributed by atoms with Crippen molar-refractivity contribution in [1.29, 1.82) is 0 Å². The van der Waals surface area contributed by atoms with E-state index in [1.807, 2.05) is 13.1 Å². The molecule has 1 N–H and O–H groups in total. The average Bonchev–Trinajstić information content (AvgIpc) is 3.26. The van der Waals surface area contributed by atoms with E-state index in [4.69, 9.17) is 0 Å². The van der Waals surface area contributed by atoms with Gasteiger partial charge in [0.15, 0.2) is 0 Å². The number of nitrogens with zero attached hydrogens (tertiary/aromatic N) is 1. The van der Waals surface area contributed by atoms with E-state index < -0.39 is 0 Å². The summed E-state index contributed by atoms with van der Waals surface area (Å²) in [4.78, 5) is 14.8. The van der Waals surface area contributed by atoms with Crippen molar-refractivity contribution in [3.05, 3.63) is 35.9 Å². The molecule has 2 heterocycles. The van der Waals surface area contributed by atoms with E-state index in [0.717, 1.165) is 19.3 Å². The number of nitrogens with one attached hydrogen (secondary N) is 1. The summed E-state index contributed by atoms with van der Waals surface area (Å²) in [5.74, 6) is 1.06. The number of carbonyl (C=O) groups excluding carboxylic acids is 1. The van der Waals surface area contributed by atoms with E-state index in [0.29, 0.717) is 30.0 Å². The van der Waals surface area contributed by atoms with E-state index in [2.05, 4.69) is 34.5 Å². The minimum absolute atomic E-state index is 0.227. The Bertz CT molecular complexity index is 517. The Labute approximate surface area is 126 Å². The molecule has 1 aromatic carbocycles. The van der Waals surface area contributed by atoms with Gasteiger partial charge in [0.05, 0.1) is 0 Å². The normalized spacial score (nSPS) is 37.3. The van der Waals surface area contributed by atoms with E-state index in [9.17, 15) is 4.79 Å². The Morgan fingerprint density at radius 2 is 1.76 bits per heavy atom. The molecule has 2 saturated heterocycles. The fourth-order valence-electron chi connectivity index (χ4n) is 4.32. The summed E-state index contributed by atoms with van der Waals surface area (Å²) < 4.78 is 0. The van der Waals surface area contributed by atoms with Crippen LogP contribution in [0.3, 0.4) is 0 Å². The van der Waals surface area contributed by atoms with Crippen molar-refractivity contribution < 1.29 is 4.79 Å². The van der Waals surface area contributed by atoms with Crippen molar-refractivity contribution >= 4 is 5.91 Å². The predicted octanol–water partition coefficient (Wildman–Crippen LogP) is 2.53. The minimum atomic E-state index is 0.227. The number of hydrogen-bond acceptors (Lipinski definition) is 2. The zero-order valence-electron chi connectivity index (χ0n) is 12.7. The lowest BCUT2D eigenvalue weighted by atomic mass is 9.98. The molecular weight excluding hydrogens is 260 g/mol. The number of piperidine rings is 1. The zero-order chi connectivity index (χ0) is 14.4. The van der Waals surface area contributed by atoms with Crippen LogP contribution in [-0.2, 0) is 4.79 Å². The highest BCUT2D eigenvalue weighted by Gasteiger charge is 2.47. The van der Waals surface area contributed by atoms with Crippen molar-refractivity contribution in [2.24, 2.45) is 5.92 Å². The number of carbonyl (C=O) groups is 1. The first-order valence-electron chi connectivity index (χ1n) is 8.30. The predicted molar refractivity (Wildman–Crippen MR) is 83.0 cm³/mol. The van der Waals surface area contributed by atoms with Crippen molar-refractivity contribution in [2.45, 2.75) is 56.1 Å². The van der Waals surface area contributed by atoms with Crippen molar-refractivity contribution in [2.75, 3.05) is 7.05 Å². The third kappa shape index (κ3) is 2.48. The van der Waals surface area contributed by atoms with Crippen molar-refractivity contribution in [3.8, 4) is 0 Å². The van der Waals surface area contributed by atoms with Crippen LogP contribution in [0.4, 0.5) is 0 Å². The Kier molecular flexibility index (Phi) is 3.26. The first kappa shape index (κ1) is 13.3. The maximum absolute atomic E-state index is 12.7. The van der Waals surface area contributed by atoms with E-state index in [1.165, 1.54) is 18.4 Å². The molecule has 0 spiro atoms. The lowest BCUT2D eigenvalue weighted by Crippen LogP contribution is -2.49. The molecule has 1 aliphatic carbocycles. The summed E-state index contributed by atoms with van der Waals surface area (Å²) in [5, 5.41) is 3.66. The lowest BCUT2D eigenvalue weighted by Gasteiger charge is -2.35. The van der Waals surface area contributed by atoms with Gasteiger partial charge in [-0.3, -0.25) is 4.79 Å². The molecule has 4 rings (SSSR count). The van der Waals surface area contributed by atoms with E-state index in [1.54, 1.807) is 0 Å². The summed E-state index contributed by atoms with van der Waals surface area (Å²) in [6.45, 7) is 0. The van der Waals surface area contributed by atoms with Gasteiger partial charge in [-0.05, 0) is 43.6 Å². The number of fused-ring (bicyclic) bond motifs is 2. The Balaban J connectivity index is 1.39. The number of benzene rings is 1. The molecule has 112 valence electrons. The van der Waals surface area contributed by atoms with Crippen LogP contribution < -0.4 is 5.32 Å². The van der Waals surface area contributed by atoms with Crippen LogP contribution in [0.15, 0.2) is 30.3 Å². The standard InChI is InChI=1S/C18H24N2O/c1-20(15-9-13-7-8-14(10-15)19-13)18(21)17-11-16(17)12-5-3-2-4-6-12/h2-6,13-17,19H,7-11H2,1H3. The van der Waals surface area contributed by atoms with Gasteiger partial charge in [0.2, 0.25) is 5.91 Å². The van der Waals surface area contributed by atoms with Crippen LogP contribution >= 0.6 is 0 Å². The highest BCUT2D eigenvalue weighted by Crippen LogP contribution is 2.48. The summed E-state index contributed by atoms with van der Waals surface area (Å²) in [6.07, 6.45) is 5.90. The van der Waals surface area contributed by atoms with E-state index >= 15 is 0 Å². The van der Waals surface area contributed by atoms with Gasteiger partial charge in [0.1, 0.15) is 0 Å².